The Balaban J connectivity index is 1.67. The lowest BCUT2D eigenvalue weighted by Gasteiger charge is -2.40. The normalized spacial score (nSPS) is 19.6. The van der Waals surface area contributed by atoms with Gasteiger partial charge in [-0.1, -0.05) is 18.2 Å². The van der Waals surface area contributed by atoms with Crippen LogP contribution in [0.15, 0.2) is 24.5 Å². The monoisotopic (exact) mass is 639 g/mol. The van der Waals surface area contributed by atoms with Gasteiger partial charge in [0.25, 0.3) is 5.91 Å². The number of nitrogen functional groups attached to an aromatic ring is 1. The van der Waals surface area contributed by atoms with Crippen molar-refractivity contribution in [3.63, 3.8) is 0 Å². The molecule has 1 aromatic carbocycles. The smallest absolute Gasteiger partial charge is 0.418 e. The number of aryl methyl sites for hydroxylation is 1. The number of aromatic nitrogens is 3. The van der Waals surface area contributed by atoms with E-state index in [4.69, 9.17) is 22.1 Å². The zero-order valence-corrected chi connectivity index (χ0v) is 25.1. The summed E-state index contributed by atoms with van der Waals surface area (Å²) in [6.45, 7) is 7.52. The molecule has 236 valence electrons. The van der Waals surface area contributed by atoms with Crippen LogP contribution in [-0.4, -0.2) is 82.6 Å². The van der Waals surface area contributed by atoms with Crippen LogP contribution in [0.3, 0.4) is 0 Å². The summed E-state index contributed by atoms with van der Waals surface area (Å²) in [5, 5.41) is -0.253. The molecule has 0 radical (unpaired) electrons. The van der Waals surface area contributed by atoms with Crippen molar-refractivity contribution in [2.75, 3.05) is 50.5 Å². The van der Waals surface area contributed by atoms with Gasteiger partial charge in [-0.15, -0.1) is 0 Å². The Labute approximate surface area is 255 Å². The fraction of sp³-hybridized carbons (Fsp3) is 0.448. The van der Waals surface area contributed by atoms with Crippen molar-refractivity contribution >= 4 is 40.0 Å². The lowest BCUT2D eigenvalue weighted by atomic mass is 9.99. The van der Waals surface area contributed by atoms with E-state index < -0.39 is 46.6 Å². The molecule has 2 aliphatic heterocycles. The average Bonchev–Trinajstić information content (AvgIpc) is 3.34. The number of ether oxygens (including phenoxy) is 1. The number of nitrogens with two attached hydrogens (primary N) is 1. The van der Waals surface area contributed by atoms with Crippen LogP contribution in [-0.2, 0) is 11.0 Å². The highest BCUT2D eigenvalue weighted by molar-refractivity contribution is 6.34. The summed E-state index contributed by atoms with van der Waals surface area (Å²) in [5.74, 6) is -3.12. The first-order valence-corrected chi connectivity index (χ1v) is 14.3. The molecule has 2 fully saturated rings. The maximum Gasteiger partial charge on any atom is 0.418 e. The molecule has 9 nitrogen and oxygen atoms in total. The van der Waals surface area contributed by atoms with Gasteiger partial charge in [-0.25, -0.2) is 13.8 Å². The number of hydrogen-bond donors (Lipinski definition) is 1. The van der Waals surface area contributed by atoms with Crippen molar-refractivity contribution in [1.82, 2.24) is 24.8 Å². The Morgan fingerprint density at radius 2 is 1.93 bits per heavy atom. The number of piperazine rings is 1. The molecule has 5 rings (SSSR count). The van der Waals surface area contributed by atoms with E-state index in [1.807, 2.05) is 7.05 Å². The van der Waals surface area contributed by atoms with Crippen molar-refractivity contribution in [2.45, 2.75) is 44.9 Å². The Bertz CT molecular complexity index is 1640. The van der Waals surface area contributed by atoms with Crippen molar-refractivity contribution in [2.24, 2.45) is 0 Å². The Hall–Kier alpha value is -3.78. The first-order valence-electron chi connectivity index (χ1n) is 13.9. The van der Waals surface area contributed by atoms with Gasteiger partial charge in [0.2, 0.25) is 0 Å². The van der Waals surface area contributed by atoms with Crippen LogP contribution in [0.25, 0.3) is 22.2 Å². The van der Waals surface area contributed by atoms with Crippen LogP contribution in [0.1, 0.15) is 30.9 Å². The van der Waals surface area contributed by atoms with E-state index in [-0.39, 0.29) is 71.4 Å². The van der Waals surface area contributed by atoms with Gasteiger partial charge < -0.3 is 25.2 Å². The lowest BCUT2D eigenvalue weighted by molar-refractivity contribution is -0.137. The van der Waals surface area contributed by atoms with Gasteiger partial charge in [0, 0.05) is 37.1 Å². The number of benzene rings is 1. The second-order valence-corrected chi connectivity index (χ2v) is 11.6. The van der Waals surface area contributed by atoms with E-state index in [1.165, 1.54) is 17.9 Å². The van der Waals surface area contributed by atoms with Gasteiger partial charge in [0.05, 0.1) is 21.8 Å². The minimum Gasteiger partial charge on any atom is -0.462 e. The first kappa shape index (κ1) is 31.6. The van der Waals surface area contributed by atoms with E-state index in [2.05, 4.69) is 26.4 Å². The lowest BCUT2D eigenvalue weighted by Crippen LogP contribution is -2.54. The van der Waals surface area contributed by atoms with Crippen molar-refractivity contribution in [3.05, 3.63) is 46.5 Å². The Morgan fingerprint density at radius 3 is 2.55 bits per heavy atom. The summed E-state index contributed by atoms with van der Waals surface area (Å²) in [7, 11) is 1.95. The third kappa shape index (κ3) is 5.96. The summed E-state index contributed by atoms with van der Waals surface area (Å²) >= 11 is 6.52. The summed E-state index contributed by atoms with van der Waals surface area (Å²) in [6.07, 6.45) is -3.04. The number of halogens is 6. The van der Waals surface area contributed by atoms with Gasteiger partial charge >= 0.3 is 12.2 Å². The summed E-state index contributed by atoms with van der Waals surface area (Å²) in [5.41, 5.74) is 2.66. The van der Waals surface area contributed by atoms with E-state index in [0.717, 1.165) is 25.5 Å². The van der Waals surface area contributed by atoms with Gasteiger partial charge in [-0.3, -0.25) is 4.79 Å². The minimum atomic E-state index is -4.89. The van der Waals surface area contributed by atoms with Gasteiger partial charge in [0.15, 0.2) is 11.6 Å². The topological polar surface area (TPSA) is 101 Å². The van der Waals surface area contributed by atoms with E-state index in [9.17, 15) is 22.4 Å². The van der Waals surface area contributed by atoms with Gasteiger partial charge in [-0.05, 0) is 58.0 Å². The van der Waals surface area contributed by atoms with Crippen LogP contribution in [0, 0.1) is 12.7 Å². The average molecular weight is 640 g/mol. The quantitative estimate of drug-likeness (QED) is 0.283. The predicted octanol–water partition coefficient (Wildman–Crippen LogP) is 5.39. The van der Waals surface area contributed by atoms with Gasteiger partial charge in [-0.2, -0.15) is 23.1 Å². The third-order valence-electron chi connectivity index (χ3n) is 8.09. The first-order chi connectivity index (χ1) is 20.7. The molecule has 0 spiro atoms. The van der Waals surface area contributed by atoms with Crippen molar-refractivity contribution in [3.8, 4) is 17.3 Å². The van der Waals surface area contributed by atoms with E-state index in [1.54, 1.807) is 11.8 Å². The predicted molar refractivity (Wildman–Crippen MR) is 157 cm³/mol. The van der Waals surface area contributed by atoms with Crippen LogP contribution in [0.2, 0.25) is 5.02 Å². The zero-order chi connectivity index (χ0) is 32.1. The second-order valence-electron chi connectivity index (χ2n) is 11.1. The number of pyridine rings is 1. The molecule has 2 atom stereocenters. The molecule has 0 saturated carbocycles. The third-order valence-corrected chi connectivity index (χ3v) is 8.39. The molecule has 1 amide bonds. The number of amides is 1. The number of nitrogens with zero attached hydrogens (tertiary/aromatic N) is 6. The fourth-order valence-electron chi connectivity index (χ4n) is 5.89. The molecule has 4 heterocycles. The summed E-state index contributed by atoms with van der Waals surface area (Å²) < 4.78 is 78.6. The van der Waals surface area contributed by atoms with E-state index >= 15 is 4.39 Å². The molecule has 2 saturated heterocycles. The number of anilines is 2. The Kier molecular flexibility index (Phi) is 8.60. The summed E-state index contributed by atoms with van der Waals surface area (Å²) in [6, 6.07) is 1.79. The van der Waals surface area contributed by atoms with E-state index in [0.29, 0.717) is 0 Å². The van der Waals surface area contributed by atoms with Crippen molar-refractivity contribution in [1.29, 1.82) is 0 Å². The largest absolute Gasteiger partial charge is 0.462 e. The number of rotatable bonds is 6. The van der Waals surface area contributed by atoms with Crippen LogP contribution in [0.5, 0.6) is 6.01 Å². The fourth-order valence-corrected chi connectivity index (χ4v) is 6.17. The maximum absolute atomic E-state index is 16.5. The molecular weight excluding hydrogens is 609 g/mol. The molecule has 44 heavy (non-hydrogen) atoms. The SMILES string of the molecule is C=C(F)C(=O)N1CCN(c2nc(OC[C@@H]3CCCN3C)nc3c(F)c(-c4nc(N)cc(C)c4C(F)(F)F)c(Cl)cc23)[C@@H](C)C1. The molecule has 2 N–H and O–H groups in total. The number of likely N-dealkylation sites (tertiary alicyclic amines) is 1. The Morgan fingerprint density at radius 1 is 1.20 bits per heavy atom. The minimum absolute atomic E-state index is 0.0690. The molecule has 15 heteroatoms. The highest BCUT2D eigenvalue weighted by Crippen LogP contribution is 2.44. The highest BCUT2D eigenvalue weighted by Gasteiger charge is 2.39. The number of hydrogen-bond acceptors (Lipinski definition) is 8. The standard InChI is InChI=1S/C29H31ClF5N7O2/c1-14-10-20(36)37-25(22(14)29(33,34)35)21-19(30)11-18-24(23(21)32)38-28(44-13-17-6-5-7-40(17)4)39-26(18)42-9-8-41(12-15(42)2)27(43)16(3)31/h10-11,15,17H,3,5-9,12-13H2,1-2,4H3,(H2,36,37)/t15-,17-/m0/s1. The molecular formula is C29H31ClF5N7O2. The van der Waals surface area contributed by atoms with Gasteiger partial charge in [0.1, 0.15) is 23.8 Å². The second kappa shape index (κ2) is 12.0. The van der Waals surface area contributed by atoms with Crippen LogP contribution in [0.4, 0.5) is 33.6 Å². The molecule has 2 aromatic heterocycles. The summed E-state index contributed by atoms with van der Waals surface area (Å²) in [4.78, 5) is 30.1. The van der Waals surface area contributed by atoms with Crippen molar-refractivity contribution < 1.29 is 31.5 Å². The molecule has 0 unspecified atom stereocenters. The van der Waals surface area contributed by atoms with Crippen LogP contribution >= 0.6 is 11.6 Å². The molecule has 3 aromatic rings. The highest BCUT2D eigenvalue weighted by atomic mass is 35.5. The number of likely N-dealkylation sites (N-methyl/N-ethyl adjacent to an activating group) is 1. The number of fused-ring (bicyclic) bond motifs is 1. The zero-order valence-electron chi connectivity index (χ0n) is 24.3. The maximum atomic E-state index is 16.5. The molecule has 0 aliphatic carbocycles. The number of carbonyl (C=O) groups is 1. The number of carbonyl (C=O) groups excluding carboxylic acids is 1. The number of alkyl halides is 3. The molecule has 2 aliphatic rings. The van der Waals surface area contributed by atoms with Crippen LogP contribution < -0.4 is 15.4 Å². The molecule has 0 bridgehead atoms.